The van der Waals surface area contributed by atoms with Crippen molar-refractivity contribution < 1.29 is 4.79 Å². The van der Waals surface area contributed by atoms with Gasteiger partial charge in [0, 0.05) is 17.3 Å². The lowest BCUT2D eigenvalue weighted by Crippen LogP contribution is -2.28. The molecule has 0 saturated carbocycles. The van der Waals surface area contributed by atoms with Crippen molar-refractivity contribution >= 4 is 17.2 Å². The molecule has 20 heavy (non-hydrogen) atoms. The van der Waals surface area contributed by atoms with Crippen LogP contribution in [-0.2, 0) is 5.54 Å². The lowest BCUT2D eigenvalue weighted by Gasteiger charge is -2.21. The third-order valence-corrected chi connectivity index (χ3v) is 3.88. The molecule has 0 aliphatic rings. The van der Waals surface area contributed by atoms with Crippen LogP contribution in [0.1, 0.15) is 54.9 Å². The summed E-state index contributed by atoms with van der Waals surface area (Å²) in [5.74, 6) is -0.168. The zero-order valence-electron chi connectivity index (χ0n) is 12.5. The summed E-state index contributed by atoms with van der Waals surface area (Å²) in [4.78, 5) is 16.4. The van der Waals surface area contributed by atoms with E-state index in [4.69, 9.17) is 0 Å². The average Bonchev–Trinajstić information content (AvgIpc) is 2.95. The Morgan fingerprint density at radius 2 is 2.15 bits per heavy atom. The van der Waals surface area contributed by atoms with Crippen molar-refractivity contribution in [2.24, 2.45) is 0 Å². The summed E-state index contributed by atoms with van der Waals surface area (Å²) in [5.41, 5.74) is 1.29. The molecule has 0 spiro atoms. The molecule has 0 aliphatic heterocycles. The number of carbonyl (C=O) groups excluding carboxylic acids is 1. The predicted octanol–water partition coefficient (Wildman–Crippen LogP) is 2.89. The lowest BCUT2D eigenvalue weighted by molar-refractivity contribution is 0.0933. The van der Waals surface area contributed by atoms with Gasteiger partial charge in [0.05, 0.1) is 11.6 Å². The molecule has 2 heterocycles. The van der Waals surface area contributed by atoms with Crippen LogP contribution in [0.3, 0.4) is 0 Å². The molecule has 1 atom stereocenters. The number of rotatable bonds is 3. The van der Waals surface area contributed by atoms with Gasteiger partial charge in [-0.1, -0.05) is 0 Å². The second-order valence-electron chi connectivity index (χ2n) is 5.82. The van der Waals surface area contributed by atoms with E-state index in [1.807, 2.05) is 30.0 Å². The second-order valence-corrected chi connectivity index (χ2v) is 6.75. The number of aryl methyl sites for hydroxylation is 1. The smallest absolute Gasteiger partial charge is 0.272 e. The number of amides is 1. The molecule has 0 unspecified atom stereocenters. The van der Waals surface area contributed by atoms with E-state index >= 15 is 0 Å². The maximum atomic E-state index is 12.2. The minimum atomic E-state index is -0.168. The predicted molar refractivity (Wildman–Crippen MR) is 80.0 cm³/mol. The van der Waals surface area contributed by atoms with Gasteiger partial charge in [0.15, 0.2) is 0 Å². The highest BCUT2D eigenvalue weighted by atomic mass is 32.1. The van der Waals surface area contributed by atoms with Gasteiger partial charge in [-0.15, -0.1) is 11.3 Å². The van der Waals surface area contributed by atoms with E-state index in [1.165, 1.54) is 11.3 Å². The number of hydrogen-bond donors (Lipinski definition) is 1. The van der Waals surface area contributed by atoms with Gasteiger partial charge >= 0.3 is 0 Å². The second kappa shape index (κ2) is 5.36. The van der Waals surface area contributed by atoms with E-state index in [2.05, 4.69) is 36.2 Å². The number of aromatic nitrogens is 3. The summed E-state index contributed by atoms with van der Waals surface area (Å²) >= 11 is 1.53. The number of nitrogens with one attached hydrogen (secondary N) is 1. The summed E-state index contributed by atoms with van der Waals surface area (Å²) < 4.78 is 1.87. The molecule has 0 fully saturated rings. The Labute approximate surface area is 123 Å². The van der Waals surface area contributed by atoms with Crippen molar-refractivity contribution in [3.63, 3.8) is 0 Å². The molecule has 0 bridgehead atoms. The first kappa shape index (κ1) is 14.7. The fraction of sp³-hybridized carbons (Fsp3) is 0.500. The molecule has 5 nitrogen and oxygen atoms in total. The Morgan fingerprint density at radius 1 is 1.45 bits per heavy atom. The van der Waals surface area contributed by atoms with Crippen molar-refractivity contribution in [1.29, 1.82) is 0 Å². The quantitative estimate of drug-likeness (QED) is 0.946. The van der Waals surface area contributed by atoms with E-state index in [0.29, 0.717) is 5.69 Å². The SMILES string of the molecule is Cc1cc(C(=O)N[C@@H](C)c2nccs2)nn1C(C)(C)C. The van der Waals surface area contributed by atoms with Crippen molar-refractivity contribution in [2.75, 3.05) is 0 Å². The lowest BCUT2D eigenvalue weighted by atomic mass is 10.1. The Hall–Kier alpha value is -1.69. The molecule has 108 valence electrons. The molecular weight excluding hydrogens is 272 g/mol. The van der Waals surface area contributed by atoms with Crippen LogP contribution in [0.5, 0.6) is 0 Å². The first-order valence-electron chi connectivity index (χ1n) is 6.56. The average molecular weight is 292 g/mol. The number of hydrogen-bond acceptors (Lipinski definition) is 4. The van der Waals surface area contributed by atoms with Gasteiger partial charge in [-0.25, -0.2) is 4.98 Å². The Balaban J connectivity index is 2.14. The normalized spacial score (nSPS) is 13.2. The summed E-state index contributed by atoms with van der Waals surface area (Å²) in [7, 11) is 0. The van der Waals surface area contributed by atoms with Crippen LogP contribution < -0.4 is 5.32 Å². The van der Waals surface area contributed by atoms with E-state index < -0.39 is 0 Å². The third kappa shape index (κ3) is 3.07. The van der Waals surface area contributed by atoms with Crippen LogP contribution in [0.15, 0.2) is 17.6 Å². The highest BCUT2D eigenvalue weighted by Gasteiger charge is 2.21. The van der Waals surface area contributed by atoms with Crippen LogP contribution >= 0.6 is 11.3 Å². The molecule has 1 N–H and O–H groups in total. The molecule has 2 aromatic heterocycles. The highest BCUT2D eigenvalue weighted by molar-refractivity contribution is 7.09. The van der Waals surface area contributed by atoms with Crippen LogP contribution in [0, 0.1) is 6.92 Å². The molecule has 0 radical (unpaired) electrons. The Morgan fingerprint density at radius 3 is 2.65 bits per heavy atom. The van der Waals surface area contributed by atoms with E-state index in [0.717, 1.165) is 10.7 Å². The van der Waals surface area contributed by atoms with E-state index in [9.17, 15) is 4.79 Å². The summed E-state index contributed by atoms with van der Waals surface area (Å²) in [5, 5.41) is 10.1. The van der Waals surface area contributed by atoms with Crippen molar-refractivity contribution in [1.82, 2.24) is 20.1 Å². The van der Waals surface area contributed by atoms with Crippen molar-refractivity contribution in [3.05, 3.63) is 34.0 Å². The van der Waals surface area contributed by atoms with Gasteiger partial charge in [-0.2, -0.15) is 5.10 Å². The molecule has 0 aromatic carbocycles. The van der Waals surface area contributed by atoms with E-state index in [1.54, 1.807) is 6.20 Å². The molecule has 2 rings (SSSR count). The van der Waals surface area contributed by atoms with Gasteiger partial charge in [0.2, 0.25) is 0 Å². The van der Waals surface area contributed by atoms with Crippen LogP contribution in [0.2, 0.25) is 0 Å². The van der Waals surface area contributed by atoms with Gasteiger partial charge < -0.3 is 5.32 Å². The molecular formula is C14H20N4OS. The maximum Gasteiger partial charge on any atom is 0.272 e. The molecule has 0 aliphatic carbocycles. The van der Waals surface area contributed by atoms with Crippen molar-refractivity contribution in [3.8, 4) is 0 Å². The monoisotopic (exact) mass is 292 g/mol. The first-order chi connectivity index (χ1) is 9.29. The fourth-order valence-electron chi connectivity index (χ4n) is 2.05. The molecule has 0 saturated heterocycles. The van der Waals surface area contributed by atoms with E-state index in [-0.39, 0.29) is 17.5 Å². The molecule has 2 aromatic rings. The standard InChI is InChI=1S/C14H20N4OS/c1-9-8-11(17-18(9)14(3,4)5)12(19)16-10(2)13-15-6-7-20-13/h6-8,10H,1-5H3,(H,16,19)/t10-/m0/s1. The van der Waals surface area contributed by atoms with Gasteiger partial charge in [0.1, 0.15) is 10.7 Å². The minimum absolute atomic E-state index is 0.109. The minimum Gasteiger partial charge on any atom is -0.342 e. The van der Waals surface area contributed by atoms with Crippen LogP contribution in [0.4, 0.5) is 0 Å². The highest BCUT2D eigenvalue weighted by Crippen LogP contribution is 2.18. The largest absolute Gasteiger partial charge is 0.342 e. The van der Waals surface area contributed by atoms with Gasteiger partial charge in [-0.05, 0) is 40.7 Å². The summed E-state index contributed by atoms with van der Waals surface area (Å²) in [6.45, 7) is 10.1. The maximum absolute atomic E-state index is 12.2. The summed E-state index contributed by atoms with van der Waals surface area (Å²) in [6.07, 6.45) is 1.74. The molecule has 1 amide bonds. The van der Waals surface area contributed by atoms with Crippen molar-refractivity contribution in [2.45, 2.75) is 46.2 Å². The molecule has 6 heteroatoms. The zero-order valence-corrected chi connectivity index (χ0v) is 13.3. The fourth-order valence-corrected chi connectivity index (χ4v) is 2.69. The topological polar surface area (TPSA) is 59.8 Å². The van der Waals surface area contributed by atoms with Gasteiger partial charge in [-0.3, -0.25) is 9.48 Å². The number of carbonyl (C=O) groups is 1. The summed E-state index contributed by atoms with van der Waals surface area (Å²) in [6, 6.07) is 1.71. The number of nitrogens with zero attached hydrogens (tertiary/aromatic N) is 3. The van der Waals surface area contributed by atoms with Crippen LogP contribution in [-0.4, -0.2) is 20.7 Å². The number of thiazole rings is 1. The van der Waals surface area contributed by atoms with Gasteiger partial charge in [0.25, 0.3) is 5.91 Å². The first-order valence-corrected chi connectivity index (χ1v) is 7.44. The Bertz CT molecular complexity index is 595. The zero-order chi connectivity index (χ0) is 14.9. The third-order valence-electron chi connectivity index (χ3n) is 2.92. The van der Waals surface area contributed by atoms with Crippen LogP contribution in [0.25, 0.3) is 0 Å². The Kier molecular flexibility index (Phi) is 3.94.